The monoisotopic (exact) mass is 390 g/mol. The van der Waals surface area contributed by atoms with E-state index >= 15 is 0 Å². The number of carbonyl (C=O) groups excluding carboxylic acids is 2. The lowest BCUT2D eigenvalue weighted by Crippen LogP contribution is -2.35. The quantitative estimate of drug-likeness (QED) is 0.618. The van der Waals surface area contributed by atoms with Crippen LogP contribution in [0.1, 0.15) is 31.8 Å². The summed E-state index contributed by atoms with van der Waals surface area (Å²) < 4.78 is 11.1. The molecule has 1 aliphatic heterocycles. The molecule has 2 heterocycles. The summed E-state index contributed by atoms with van der Waals surface area (Å²) in [6.07, 6.45) is -0.360. The number of hydrogen-bond donors (Lipinski definition) is 0. The highest BCUT2D eigenvalue weighted by Crippen LogP contribution is 2.24. The van der Waals surface area contributed by atoms with E-state index in [1.54, 1.807) is 31.2 Å². The van der Waals surface area contributed by atoms with Crippen LogP contribution in [0.2, 0.25) is 0 Å². The van der Waals surface area contributed by atoms with Crippen LogP contribution in [0.3, 0.4) is 0 Å². The Morgan fingerprint density at radius 1 is 1.03 bits per heavy atom. The number of amides is 1. The van der Waals surface area contributed by atoms with Crippen LogP contribution in [-0.4, -0.2) is 27.8 Å². The second kappa shape index (κ2) is 8.05. The van der Waals surface area contributed by atoms with E-state index in [4.69, 9.17) is 9.15 Å². The first kappa shape index (κ1) is 18.5. The average Bonchev–Trinajstić information content (AvgIpc) is 3.26. The number of rotatable bonds is 5. The fraction of sp³-hybridized carbons (Fsp3) is 0.190. The molecule has 1 aromatic heterocycles. The first-order chi connectivity index (χ1) is 14.1. The highest BCUT2D eigenvalue weighted by molar-refractivity contribution is 6.38. The molecule has 0 fully saturated rings. The van der Waals surface area contributed by atoms with Crippen molar-refractivity contribution in [1.82, 2.24) is 10.2 Å². The van der Waals surface area contributed by atoms with Crippen LogP contribution in [0, 0.1) is 0 Å². The highest BCUT2D eigenvalue weighted by Gasteiger charge is 2.28. The SMILES string of the molecule is CC(OC(=O)C1=NN(c2ccccc2)C(=O)CC1)c1nnc(-c2ccccc2)o1. The number of esters is 1. The number of nitrogens with zero attached hydrogens (tertiary/aromatic N) is 4. The molecule has 29 heavy (non-hydrogen) atoms. The molecule has 8 nitrogen and oxygen atoms in total. The van der Waals surface area contributed by atoms with Gasteiger partial charge in [0.1, 0.15) is 5.71 Å². The van der Waals surface area contributed by atoms with Gasteiger partial charge in [-0.15, -0.1) is 10.2 Å². The van der Waals surface area contributed by atoms with E-state index in [2.05, 4.69) is 15.3 Å². The Morgan fingerprint density at radius 3 is 2.45 bits per heavy atom. The zero-order chi connectivity index (χ0) is 20.2. The van der Waals surface area contributed by atoms with Gasteiger partial charge in [0.15, 0.2) is 6.10 Å². The standard InChI is InChI=1S/C21H18N4O4/c1-14(19-22-23-20(29-19)15-8-4-2-5-9-15)28-21(27)17-12-13-18(26)25(24-17)16-10-6-3-7-11-16/h2-11,14H,12-13H2,1H3. The van der Waals surface area contributed by atoms with E-state index in [0.717, 1.165) is 5.56 Å². The predicted octanol–water partition coefficient (Wildman–Crippen LogP) is 3.52. The summed E-state index contributed by atoms with van der Waals surface area (Å²) in [7, 11) is 0. The average molecular weight is 390 g/mol. The van der Waals surface area contributed by atoms with Gasteiger partial charge in [0.05, 0.1) is 5.69 Å². The lowest BCUT2D eigenvalue weighted by Gasteiger charge is -2.23. The third-order valence-corrected chi connectivity index (χ3v) is 4.36. The lowest BCUT2D eigenvalue weighted by molar-refractivity contribution is -0.141. The van der Waals surface area contributed by atoms with E-state index in [0.29, 0.717) is 11.6 Å². The molecular formula is C21H18N4O4. The van der Waals surface area contributed by atoms with Gasteiger partial charge in [0.2, 0.25) is 11.8 Å². The Hall–Kier alpha value is -3.81. The maximum atomic E-state index is 12.6. The van der Waals surface area contributed by atoms with Gasteiger partial charge in [0, 0.05) is 18.4 Å². The van der Waals surface area contributed by atoms with E-state index in [1.807, 2.05) is 36.4 Å². The Labute approximate surface area is 166 Å². The van der Waals surface area contributed by atoms with Gasteiger partial charge in [-0.05, 0) is 31.2 Å². The second-order valence-corrected chi connectivity index (χ2v) is 6.45. The van der Waals surface area contributed by atoms with Gasteiger partial charge in [-0.3, -0.25) is 4.79 Å². The summed E-state index contributed by atoms with van der Waals surface area (Å²) in [5, 5.41) is 13.4. The number of hydrogen-bond acceptors (Lipinski definition) is 7. The summed E-state index contributed by atoms with van der Waals surface area (Å²) in [5.74, 6) is -0.264. The van der Waals surface area contributed by atoms with Crippen molar-refractivity contribution in [2.45, 2.75) is 25.9 Å². The van der Waals surface area contributed by atoms with Crippen LogP contribution in [0.4, 0.5) is 5.69 Å². The Bertz CT molecular complexity index is 1050. The largest absolute Gasteiger partial charge is 0.448 e. The zero-order valence-electron chi connectivity index (χ0n) is 15.7. The molecule has 0 aliphatic carbocycles. The molecule has 1 unspecified atom stereocenters. The number of hydrazone groups is 1. The van der Waals surface area contributed by atoms with Crippen LogP contribution in [0.5, 0.6) is 0 Å². The van der Waals surface area contributed by atoms with Gasteiger partial charge in [-0.1, -0.05) is 36.4 Å². The molecular weight excluding hydrogens is 372 g/mol. The number of anilines is 1. The molecule has 0 saturated carbocycles. The van der Waals surface area contributed by atoms with Crippen LogP contribution < -0.4 is 5.01 Å². The summed E-state index contributed by atoms with van der Waals surface area (Å²) in [4.78, 5) is 24.7. The van der Waals surface area contributed by atoms with Crippen molar-refractivity contribution in [2.24, 2.45) is 5.10 Å². The van der Waals surface area contributed by atoms with Crippen LogP contribution in [0.15, 0.2) is 70.2 Å². The molecule has 0 saturated heterocycles. The zero-order valence-corrected chi connectivity index (χ0v) is 15.7. The molecule has 4 rings (SSSR count). The minimum atomic E-state index is -0.752. The molecule has 2 aromatic carbocycles. The molecule has 0 spiro atoms. The third kappa shape index (κ3) is 4.06. The van der Waals surface area contributed by atoms with Gasteiger partial charge in [-0.25, -0.2) is 9.80 Å². The summed E-state index contributed by atoms with van der Waals surface area (Å²) >= 11 is 0. The molecule has 3 aromatic rings. The van der Waals surface area contributed by atoms with Crippen LogP contribution in [0.25, 0.3) is 11.5 Å². The first-order valence-corrected chi connectivity index (χ1v) is 9.17. The number of aromatic nitrogens is 2. The molecule has 0 bridgehead atoms. The van der Waals surface area contributed by atoms with Crippen LogP contribution in [-0.2, 0) is 14.3 Å². The van der Waals surface area contributed by atoms with Crippen molar-refractivity contribution in [3.8, 4) is 11.5 Å². The molecule has 0 N–H and O–H groups in total. The van der Waals surface area contributed by atoms with Gasteiger partial charge >= 0.3 is 5.97 Å². The maximum absolute atomic E-state index is 12.6. The van der Waals surface area contributed by atoms with Crippen molar-refractivity contribution in [3.63, 3.8) is 0 Å². The molecule has 146 valence electrons. The Kier molecular flexibility index (Phi) is 5.15. The van der Waals surface area contributed by atoms with E-state index in [9.17, 15) is 9.59 Å². The molecule has 8 heteroatoms. The fourth-order valence-electron chi connectivity index (χ4n) is 2.85. The van der Waals surface area contributed by atoms with Crippen molar-refractivity contribution in [1.29, 1.82) is 0 Å². The topological polar surface area (TPSA) is 97.9 Å². The summed E-state index contributed by atoms with van der Waals surface area (Å²) in [6.45, 7) is 1.64. The van der Waals surface area contributed by atoms with E-state index in [1.165, 1.54) is 5.01 Å². The first-order valence-electron chi connectivity index (χ1n) is 9.17. The van der Waals surface area contributed by atoms with E-state index < -0.39 is 12.1 Å². The number of ether oxygens (including phenoxy) is 1. The van der Waals surface area contributed by atoms with Gasteiger partial charge in [0.25, 0.3) is 5.89 Å². The smallest absolute Gasteiger partial charge is 0.355 e. The summed E-state index contributed by atoms with van der Waals surface area (Å²) in [6, 6.07) is 18.3. The van der Waals surface area contributed by atoms with Gasteiger partial charge < -0.3 is 9.15 Å². The minimum absolute atomic E-state index is 0.170. The highest BCUT2D eigenvalue weighted by atomic mass is 16.6. The molecule has 1 aliphatic rings. The normalized spacial score (nSPS) is 15.0. The Balaban J connectivity index is 1.47. The molecule has 0 radical (unpaired) electrons. The fourth-order valence-corrected chi connectivity index (χ4v) is 2.85. The van der Waals surface area contributed by atoms with Crippen LogP contribution >= 0.6 is 0 Å². The second-order valence-electron chi connectivity index (χ2n) is 6.45. The maximum Gasteiger partial charge on any atom is 0.355 e. The van der Waals surface area contributed by atoms with E-state index in [-0.39, 0.29) is 30.4 Å². The number of carbonyl (C=O) groups is 2. The van der Waals surface area contributed by atoms with Crippen molar-refractivity contribution in [3.05, 3.63) is 66.6 Å². The molecule has 1 atom stereocenters. The predicted molar refractivity (Wildman–Crippen MR) is 105 cm³/mol. The number of para-hydroxylation sites is 1. The lowest BCUT2D eigenvalue weighted by atomic mass is 10.1. The molecule has 1 amide bonds. The third-order valence-electron chi connectivity index (χ3n) is 4.36. The Morgan fingerprint density at radius 2 is 1.72 bits per heavy atom. The minimum Gasteiger partial charge on any atom is -0.448 e. The van der Waals surface area contributed by atoms with Crippen molar-refractivity contribution < 1.29 is 18.7 Å². The van der Waals surface area contributed by atoms with Gasteiger partial charge in [-0.2, -0.15) is 5.10 Å². The summed E-state index contributed by atoms with van der Waals surface area (Å²) in [5.41, 5.74) is 1.54. The number of benzene rings is 2. The van der Waals surface area contributed by atoms with Crippen molar-refractivity contribution >= 4 is 23.3 Å². The van der Waals surface area contributed by atoms with Crippen molar-refractivity contribution in [2.75, 3.05) is 5.01 Å².